The number of hydrogen-bond donors (Lipinski definition) is 2. The molecule has 0 spiro atoms. The lowest BCUT2D eigenvalue weighted by molar-refractivity contribution is -0.132. The molecule has 0 radical (unpaired) electrons. The summed E-state index contributed by atoms with van der Waals surface area (Å²) in [6.07, 6.45) is 0. The predicted molar refractivity (Wildman–Crippen MR) is 110 cm³/mol. The molecule has 1 aromatic heterocycles. The van der Waals surface area contributed by atoms with Gasteiger partial charge < -0.3 is 16.0 Å². The molecule has 7 nitrogen and oxygen atoms in total. The van der Waals surface area contributed by atoms with Gasteiger partial charge in [0.05, 0.1) is 24.0 Å². The van der Waals surface area contributed by atoms with E-state index in [-0.39, 0.29) is 24.3 Å². The smallest absolute Gasteiger partial charge is 0.242 e. The molecule has 7 heteroatoms. The number of amides is 2. The van der Waals surface area contributed by atoms with E-state index in [0.717, 1.165) is 28.2 Å². The lowest BCUT2D eigenvalue weighted by Crippen LogP contribution is -2.47. The number of aromatic nitrogens is 2. The van der Waals surface area contributed by atoms with Crippen LogP contribution in [0.15, 0.2) is 24.3 Å². The maximum Gasteiger partial charge on any atom is 0.242 e. The van der Waals surface area contributed by atoms with Crippen molar-refractivity contribution in [1.82, 2.24) is 20.0 Å². The van der Waals surface area contributed by atoms with Crippen LogP contribution in [-0.4, -0.2) is 46.1 Å². The number of aryl methyl sites for hydroxylation is 2. The molecule has 1 atom stereocenters. The Morgan fingerprint density at radius 3 is 2.46 bits per heavy atom. The number of nitrogens with zero attached hydrogens (tertiary/aromatic N) is 3. The van der Waals surface area contributed by atoms with Gasteiger partial charge in [-0.1, -0.05) is 32.0 Å². The van der Waals surface area contributed by atoms with Crippen molar-refractivity contribution in [3.8, 4) is 5.69 Å². The molecule has 3 N–H and O–H groups in total. The van der Waals surface area contributed by atoms with Gasteiger partial charge in [0.15, 0.2) is 0 Å². The lowest BCUT2D eigenvalue weighted by Gasteiger charge is -2.20. The van der Waals surface area contributed by atoms with Gasteiger partial charge in [-0.25, -0.2) is 4.68 Å². The van der Waals surface area contributed by atoms with Gasteiger partial charge in [0, 0.05) is 24.8 Å². The van der Waals surface area contributed by atoms with E-state index in [2.05, 4.69) is 10.4 Å². The number of carbonyl (C=O) groups excluding carboxylic acids is 2. The van der Waals surface area contributed by atoms with Crippen LogP contribution >= 0.6 is 0 Å². The Morgan fingerprint density at radius 1 is 1.21 bits per heavy atom. The summed E-state index contributed by atoms with van der Waals surface area (Å²) >= 11 is 0. The topological polar surface area (TPSA) is 93.2 Å². The molecule has 152 valence electrons. The molecule has 0 aliphatic heterocycles. The highest BCUT2D eigenvalue weighted by Crippen LogP contribution is 2.21. The van der Waals surface area contributed by atoms with Crippen LogP contribution in [0, 0.1) is 26.7 Å². The van der Waals surface area contributed by atoms with Gasteiger partial charge in [-0.2, -0.15) is 5.10 Å². The molecule has 0 saturated carbocycles. The molecule has 0 aliphatic rings. The highest BCUT2D eigenvalue weighted by Gasteiger charge is 2.20. The first-order chi connectivity index (χ1) is 13.1. The Bertz CT molecular complexity index is 856. The minimum atomic E-state index is -0.616. The molecule has 2 aromatic rings. The van der Waals surface area contributed by atoms with E-state index in [9.17, 15) is 9.59 Å². The quantitative estimate of drug-likeness (QED) is 0.761. The number of likely N-dealkylation sites (N-methyl/N-ethyl adjacent to an activating group) is 1. The van der Waals surface area contributed by atoms with Crippen molar-refractivity contribution in [2.45, 2.75) is 47.2 Å². The maximum atomic E-state index is 12.4. The number of para-hydroxylation sites is 1. The van der Waals surface area contributed by atoms with Crippen molar-refractivity contribution < 1.29 is 9.59 Å². The predicted octanol–water partition coefficient (Wildman–Crippen LogP) is 1.86. The lowest BCUT2D eigenvalue weighted by atomic mass is 10.1. The van der Waals surface area contributed by atoms with Crippen LogP contribution in [0.3, 0.4) is 0 Å². The molecule has 0 fully saturated rings. The van der Waals surface area contributed by atoms with Gasteiger partial charge in [0.1, 0.15) is 0 Å². The van der Waals surface area contributed by atoms with Crippen LogP contribution in [0.1, 0.15) is 36.4 Å². The van der Waals surface area contributed by atoms with Gasteiger partial charge in [-0.3, -0.25) is 9.59 Å². The summed E-state index contributed by atoms with van der Waals surface area (Å²) in [4.78, 5) is 26.0. The third-order valence-electron chi connectivity index (χ3n) is 5.04. The van der Waals surface area contributed by atoms with Crippen molar-refractivity contribution in [3.63, 3.8) is 0 Å². The van der Waals surface area contributed by atoms with E-state index >= 15 is 0 Å². The summed E-state index contributed by atoms with van der Waals surface area (Å²) in [5.41, 5.74) is 10.8. The Balaban J connectivity index is 2.08. The van der Waals surface area contributed by atoms with E-state index in [0.29, 0.717) is 6.54 Å². The third kappa shape index (κ3) is 4.78. The Morgan fingerprint density at radius 2 is 1.86 bits per heavy atom. The third-order valence-corrected chi connectivity index (χ3v) is 5.04. The van der Waals surface area contributed by atoms with E-state index in [1.165, 1.54) is 0 Å². The van der Waals surface area contributed by atoms with Gasteiger partial charge in [-0.15, -0.1) is 0 Å². The second-order valence-electron chi connectivity index (χ2n) is 7.59. The maximum absolute atomic E-state index is 12.4. The van der Waals surface area contributed by atoms with Crippen molar-refractivity contribution in [2.75, 3.05) is 13.6 Å². The van der Waals surface area contributed by atoms with E-state index in [1.54, 1.807) is 11.9 Å². The molecule has 28 heavy (non-hydrogen) atoms. The number of rotatable bonds is 7. The first-order valence-electron chi connectivity index (χ1n) is 9.51. The molecule has 0 unspecified atom stereocenters. The summed E-state index contributed by atoms with van der Waals surface area (Å²) < 4.78 is 1.92. The van der Waals surface area contributed by atoms with Crippen LogP contribution in [-0.2, 0) is 16.1 Å². The zero-order valence-corrected chi connectivity index (χ0v) is 17.6. The van der Waals surface area contributed by atoms with Gasteiger partial charge in [-0.05, 0) is 38.3 Å². The number of hydrogen-bond acceptors (Lipinski definition) is 4. The SMILES string of the molecule is Cc1ccccc1-n1nc(C)c(CN(C)C(=O)CNC(=O)[C@@H](N)C(C)C)c1C. The van der Waals surface area contributed by atoms with Crippen LogP contribution in [0.2, 0.25) is 0 Å². The Kier molecular flexibility index (Phi) is 6.96. The fourth-order valence-electron chi connectivity index (χ4n) is 2.98. The van der Waals surface area contributed by atoms with Gasteiger partial charge in [0.2, 0.25) is 11.8 Å². The monoisotopic (exact) mass is 385 g/mol. The number of carbonyl (C=O) groups is 2. The average Bonchev–Trinajstić information content (AvgIpc) is 2.93. The highest BCUT2D eigenvalue weighted by molar-refractivity contribution is 5.87. The normalized spacial score (nSPS) is 12.1. The molecule has 2 amide bonds. The Labute approximate surface area is 166 Å². The molecule has 0 saturated heterocycles. The molecule has 1 aromatic carbocycles. The van der Waals surface area contributed by atoms with E-state index in [1.807, 2.05) is 63.6 Å². The van der Waals surface area contributed by atoms with Crippen molar-refractivity contribution >= 4 is 11.8 Å². The first-order valence-corrected chi connectivity index (χ1v) is 9.51. The van der Waals surface area contributed by atoms with Crippen molar-refractivity contribution in [3.05, 3.63) is 46.8 Å². The van der Waals surface area contributed by atoms with Gasteiger partial charge >= 0.3 is 0 Å². The largest absolute Gasteiger partial charge is 0.346 e. The van der Waals surface area contributed by atoms with Gasteiger partial charge in [0.25, 0.3) is 0 Å². The minimum Gasteiger partial charge on any atom is -0.346 e. The summed E-state index contributed by atoms with van der Waals surface area (Å²) in [6, 6.07) is 7.44. The molecule has 0 aliphatic carbocycles. The summed E-state index contributed by atoms with van der Waals surface area (Å²) in [5, 5.41) is 7.28. The van der Waals surface area contributed by atoms with Crippen molar-refractivity contribution in [2.24, 2.45) is 11.7 Å². The summed E-state index contributed by atoms with van der Waals surface area (Å²) in [7, 11) is 1.72. The summed E-state index contributed by atoms with van der Waals surface area (Å²) in [5.74, 6) is -0.464. The second-order valence-corrected chi connectivity index (χ2v) is 7.59. The standard InChI is InChI=1S/C21H31N5O2/c1-13(2)20(22)21(28)23-11-19(27)25(6)12-17-15(4)24-26(16(17)5)18-10-8-7-9-14(18)3/h7-10,13,20H,11-12,22H2,1-6H3,(H,23,28)/t20-/m0/s1. The molecule has 2 rings (SSSR count). The Hall–Kier alpha value is -2.67. The zero-order valence-electron chi connectivity index (χ0n) is 17.6. The fourth-order valence-corrected chi connectivity index (χ4v) is 2.98. The number of nitrogens with two attached hydrogens (primary N) is 1. The van der Waals surface area contributed by atoms with Crippen LogP contribution in [0.5, 0.6) is 0 Å². The van der Waals surface area contributed by atoms with Crippen molar-refractivity contribution in [1.29, 1.82) is 0 Å². The molecule has 0 bridgehead atoms. The molecular formula is C21H31N5O2. The highest BCUT2D eigenvalue weighted by atomic mass is 16.2. The van der Waals surface area contributed by atoms with E-state index in [4.69, 9.17) is 5.73 Å². The van der Waals surface area contributed by atoms with Crippen LogP contribution in [0.4, 0.5) is 0 Å². The number of benzene rings is 1. The van der Waals surface area contributed by atoms with E-state index < -0.39 is 6.04 Å². The molecular weight excluding hydrogens is 354 g/mol. The first kappa shape index (κ1) is 21.6. The zero-order chi connectivity index (χ0) is 21.0. The summed E-state index contributed by atoms with van der Waals surface area (Å²) in [6.45, 7) is 10.1. The fraction of sp³-hybridized carbons (Fsp3) is 0.476. The average molecular weight is 386 g/mol. The molecule has 1 heterocycles. The second kappa shape index (κ2) is 9.01. The minimum absolute atomic E-state index is 0.0189. The van der Waals surface area contributed by atoms with Crippen LogP contribution < -0.4 is 11.1 Å². The number of nitrogens with one attached hydrogen (secondary N) is 1. The van der Waals surface area contributed by atoms with Crippen LogP contribution in [0.25, 0.3) is 5.69 Å².